The lowest BCUT2D eigenvalue weighted by atomic mass is 10.2. The molecule has 4 nitrogen and oxygen atoms in total. The lowest BCUT2D eigenvalue weighted by Gasteiger charge is -2.06. The number of benzene rings is 1. The van der Waals surface area contributed by atoms with E-state index in [0.717, 1.165) is 16.5 Å². The van der Waals surface area contributed by atoms with E-state index in [0.29, 0.717) is 0 Å². The van der Waals surface area contributed by atoms with E-state index in [1.54, 1.807) is 0 Å². The Morgan fingerprint density at radius 1 is 1.44 bits per heavy atom. The van der Waals surface area contributed by atoms with E-state index in [1.165, 1.54) is 0 Å². The lowest BCUT2D eigenvalue weighted by Crippen LogP contribution is -2.27. The molecule has 4 heteroatoms. The van der Waals surface area contributed by atoms with Crippen LogP contribution in [0, 0.1) is 12.3 Å². The van der Waals surface area contributed by atoms with Crippen molar-refractivity contribution in [2.75, 3.05) is 6.54 Å². The maximum Gasteiger partial charge on any atom is 0.240 e. The van der Waals surface area contributed by atoms with Gasteiger partial charge in [0.15, 0.2) is 0 Å². The highest BCUT2D eigenvalue weighted by Crippen LogP contribution is 2.17. The molecule has 0 unspecified atom stereocenters. The molecule has 0 aliphatic rings. The molecule has 0 fully saturated rings. The fourth-order valence-electron chi connectivity index (χ4n) is 1.83. The van der Waals surface area contributed by atoms with Crippen LogP contribution in [0.4, 0.5) is 0 Å². The van der Waals surface area contributed by atoms with Gasteiger partial charge in [-0.05, 0) is 23.1 Å². The van der Waals surface area contributed by atoms with E-state index in [9.17, 15) is 4.79 Å². The van der Waals surface area contributed by atoms with Gasteiger partial charge in [-0.1, -0.05) is 18.1 Å². The van der Waals surface area contributed by atoms with Crippen molar-refractivity contribution >= 4 is 16.8 Å². The molecule has 0 atom stereocenters. The first-order chi connectivity index (χ1) is 8.74. The minimum atomic E-state index is -0.125. The molecule has 1 heterocycles. The van der Waals surface area contributed by atoms with Gasteiger partial charge in [0.05, 0.1) is 13.2 Å². The first kappa shape index (κ1) is 12.2. The quantitative estimate of drug-likeness (QED) is 0.782. The third-order valence-corrected chi connectivity index (χ3v) is 2.72. The van der Waals surface area contributed by atoms with Gasteiger partial charge < -0.3 is 15.0 Å². The molecule has 0 radical (unpaired) electrons. The standard InChI is InChI=1S/C14H14N2O2/c1-2-6-15-14(18)9-16-7-5-12-4-3-11(10-17)8-13(12)16/h1,3-5,7-8,17H,6,9-10H2,(H,15,18). The van der Waals surface area contributed by atoms with Crippen LogP contribution >= 0.6 is 0 Å². The third kappa shape index (κ3) is 2.53. The second kappa shape index (κ2) is 5.39. The Labute approximate surface area is 105 Å². The highest BCUT2D eigenvalue weighted by molar-refractivity contribution is 5.83. The van der Waals surface area contributed by atoms with Gasteiger partial charge in [-0.3, -0.25) is 4.79 Å². The SMILES string of the molecule is C#CCNC(=O)Cn1ccc2ccc(CO)cc21. The van der Waals surface area contributed by atoms with Gasteiger partial charge in [-0.2, -0.15) is 0 Å². The minimum absolute atomic E-state index is 0.00951. The molecule has 92 valence electrons. The first-order valence-electron chi connectivity index (χ1n) is 5.63. The summed E-state index contributed by atoms with van der Waals surface area (Å²) in [7, 11) is 0. The molecule has 0 spiro atoms. The summed E-state index contributed by atoms with van der Waals surface area (Å²) in [6.07, 6.45) is 6.93. The topological polar surface area (TPSA) is 54.3 Å². The van der Waals surface area contributed by atoms with Crippen molar-refractivity contribution in [3.05, 3.63) is 36.0 Å². The van der Waals surface area contributed by atoms with E-state index in [-0.39, 0.29) is 25.6 Å². The number of carbonyl (C=O) groups excluding carboxylic acids is 1. The second-order valence-corrected chi connectivity index (χ2v) is 3.98. The van der Waals surface area contributed by atoms with Crippen LogP contribution in [0.25, 0.3) is 10.9 Å². The van der Waals surface area contributed by atoms with Crippen LogP contribution in [0.5, 0.6) is 0 Å². The highest BCUT2D eigenvalue weighted by Gasteiger charge is 2.06. The van der Waals surface area contributed by atoms with Crippen molar-refractivity contribution in [1.82, 2.24) is 9.88 Å². The van der Waals surface area contributed by atoms with Crippen molar-refractivity contribution in [3.8, 4) is 12.3 Å². The number of fused-ring (bicyclic) bond motifs is 1. The molecule has 2 aromatic rings. The van der Waals surface area contributed by atoms with Crippen LogP contribution in [0.3, 0.4) is 0 Å². The number of rotatable bonds is 4. The normalized spacial score (nSPS) is 10.2. The molecule has 2 rings (SSSR count). The van der Waals surface area contributed by atoms with Crippen molar-refractivity contribution < 1.29 is 9.90 Å². The fourth-order valence-corrected chi connectivity index (χ4v) is 1.83. The van der Waals surface area contributed by atoms with Gasteiger partial charge >= 0.3 is 0 Å². The number of nitrogens with one attached hydrogen (secondary N) is 1. The molecule has 0 saturated carbocycles. The number of aliphatic hydroxyl groups excluding tert-OH is 1. The molecule has 1 aromatic carbocycles. The smallest absolute Gasteiger partial charge is 0.240 e. The molecule has 0 aliphatic heterocycles. The van der Waals surface area contributed by atoms with Gasteiger partial charge in [0.25, 0.3) is 0 Å². The Bertz CT molecular complexity index is 608. The van der Waals surface area contributed by atoms with Crippen LogP contribution in [-0.4, -0.2) is 22.1 Å². The number of aliphatic hydroxyl groups is 1. The van der Waals surface area contributed by atoms with Crippen molar-refractivity contribution in [2.24, 2.45) is 0 Å². The Balaban J connectivity index is 2.23. The van der Waals surface area contributed by atoms with E-state index in [4.69, 9.17) is 11.5 Å². The predicted octanol–water partition coefficient (Wildman–Crippen LogP) is 0.883. The van der Waals surface area contributed by atoms with Gasteiger partial charge in [0.1, 0.15) is 6.54 Å². The van der Waals surface area contributed by atoms with Crippen LogP contribution < -0.4 is 5.32 Å². The predicted molar refractivity (Wildman–Crippen MR) is 69.7 cm³/mol. The van der Waals surface area contributed by atoms with E-state index >= 15 is 0 Å². The first-order valence-corrected chi connectivity index (χ1v) is 5.63. The summed E-state index contributed by atoms with van der Waals surface area (Å²) >= 11 is 0. The number of hydrogen-bond donors (Lipinski definition) is 2. The molecule has 0 aliphatic carbocycles. The Morgan fingerprint density at radius 2 is 2.28 bits per heavy atom. The average Bonchev–Trinajstić information content (AvgIpc) is 2.78. The molecular weight excluding hydrogens is 228 g/mol. The molecule has 1 amide bonds. The van der Waals surface area contributed by atoms with Crippen LogP contribution in [0.1, 0.15) is 5.56 Å². The van der Waals surface area contributed by atoms with Gasteiger partial charge in [-0.15, -0.1) is 6.42 Å². The Hall–Kier alpha value is -2.25. The number of nitrogens with zero attached hydrogens (tertiary/aromatic N) is 1. The van der Waals surface area contributed by atoms with Gasteiger partial charge in [0.2, 0.25) is 5.91 Å². The van der Waals surface area contributed by atoms with Crippen molar-refractivity contribution in [1.29, 1.82) is 0 Å². The summed E-state index contributed by atoms with van der Waals surface area (Å²) in [6, 6.07) is 7.61. The highest BCUT2D eigenvalue weighted by atomic mass is 16.3. The number of amides is 1. The largest absolute Gasteiger partial charge is 0.392 e. The number of terminal acetylenes is 1. The summed E-state index contributed by atoms with van der Waals surface area (Å²) in [5.41, 5.74) is 1.75. The Kier molecular flexibility index (Phi) is 3.66. The maximum atomic E-state index is 11.6. The van der Waals surface area contributed by atoms with Gasteiger partial charge in [-0.25, -0.2) is 0 Å². The summed E-state index contributed by atoms with van der Waals surface area (Å²) in [5.74, 6) is 2.23. The zero-order valence-electron chi connectivity index (χ0n) is 9.89. The van der Waals surface area contributed by atoms with Gasteiger partial charge in [0, 0.05) is 11.7 Å². The fraction of sp³-hybridized carbons (Fsp3) is 0.214. The molecule has 18 heavy (non-hydrogen) atoms. The number of aromatic nitrogens is 1. The molecule has 1 aromatic heterocycles. The van der Waals surface area contributed by atoms with E-state index < -0.39 is 0 Å². The molecular formula is C14H14N2O2. The average molecular weight is 242 g/mol. The number of hydrogen-bond acceptors (Lipinski definition) is 2. The second-order valence-electron chi connectivity index (χ2n) is 3.98. The number of carbonyl (C=O) groups is 1. The monoisotopic (exact) mass is 242 g/mol. The summed E-state index contributed by atoms with van der Waals surface area (Å²) in [5, 5.41) is 12.8. The Morgan fingerprint density at radius 3 is 3.00 bits per heavy atom. The molecule has 0 saturated heterocycles. The van der Waals surface area contributed by atoms with Crippen molar-refractivity contribution in [3.63, 3.8) is 0 Å². The van der Waals surface area contributed by atoms with Crippen LogP contribution in [0.2, 0.25) is 0 Å². The van der Waals surface area contributed by atoms with Crippen LogP contribution in [0.15, 0.2) is 30.5 Å². The molecule has 0 bridgehead atoms. The zero-order valence-corrected chi connectivity index (χ0v) is 9.89. The van der Waals surface area contributed by atoms with Crippen LogP contribution in [-0.2, 0) is 17.9 Å². The molecule has 2 N–H and O–H groups in total. The zero-order chi connectivity index (χ0) is 13.0. The van der Waals surface area contributed by atoms with E-state index in [2.05, 4.69) is 11.2 Å². The minimum Gasteiger partial charge on any atom is -0.392 e. The summed E-state index contributed by atoms with van der Waals surface area (Å²) < 4.78 is 1.83. The summed E-state index contributed by atoms with van der Waals surface area (Å²) in [6.45, 7) is 0.449. The lowest BCUT2D eigenvalue weighted by molar-refractivity contribution is -0.121. The third-order valence-electron chi connectivity index (χ3n) is 2.72. The summed E-state index contributed by atoms with van der Waals surface area (Å²) in [4.78, 5) is 11.6. The van der Waals surface area contributed by atoms with E-state index in [1.807, 2.05) is 35.0 Å². The maximum absolute atomic E-state index is 11.6. The van der Waals surface area contributed by atoms with Crippen molar-refractivity contribution in [2.45, 2.75) is 13.2 Å².